The van der Waals surface area contributed by atoms with E-state index < -0.39 is 29.2 Å². The molecule has 0 bridgehead atoms. The molecule has 13 heteroatoms. The second-order valence-corrected chi connectivity index (χ2v) is 12.3. The summed E-state index contributed by atoms with van der Waals surface area (Å²) in [7, 11) is 1.59. The number of carbonyl (C=O) groups excluding carboxylic acids is 3. The molecule has 1 aliphatic heterocycles. The number of thiazole rings is 1. The van der Waals surface area contributed by atoms with Crippen LogP contribution in [-0.2, 0) is 16.6 Å². The van der Waals surface area contributed by atoms with E-state index in [9.17, 15) is 32.7 Å². The number of nitrogens with zero attached hydrogens (tertiary/aromatic N) is 2. The van der Waals surface area contributed by atoms with Gasteiger partial charge in [-0.1, -0.05) is 24.3 Å². The molecule has 9 nitrogen and oxygen atoms in total. The van der Waals surface area contributed by atoms with Gasteiger partial charge in [0.05, 0.1) is 17.0 Å². The van der Waals surface area contributed by atoms with Crippen LogP contribution in [0.4, 0.5) is 13.2 Å². The first-order valence-corrected chi connectivity index (χ1v) is 15.3. The highest BCUT2D eigenvalue weighted by molar-refractivity contribution is 7.15. The van der Waals surface area contributed by atoms with E-state index in [1.807, 2.05) is 18.2 Å². The summed E-state index contributed by atoms with van der Waals surface area (Å²) in [6.07, 6.45) is 0.469. The van der Waals surface area contributed by atoms with Gasteiger partial charge >= 0.3 is 6.18 Å². The Bertz CT molecular complexity index is 1520. The van der Waals surface area contributed by atoms with Crippen molar-refractivity contribution >= 4 is 29.1 Å². The van der Waals surface area contributed by atoms with E-state index in [4.69, 9.17) is 0 Å². The number of halogens is 3. The van der Waals surface area contributed by atoms with E-state index in [0.29, 0.717) is 30.0 Å². The first-order chi connectivity index (χ1) is 21.0. The second kappa shape index (κ2) is 13.0. The zero-order valence-corrected chi connectivity index (χ0v) is 24.9. The molecule has 3 amide bonds. The Balaban J connectivity index is 1.10. The summed E-state index contributed by atoms with van der Waals surface area (Å²) < 4.78 is 38.8. The second-order valence-electron chi connectivity index (χ2n) is 11.2. The van der Waals surface area contributed by atoms with Crippen LogP contribution in [0.15, 0.2) is 54.7 Å². The van der Waals surface area contributed by atoms with Crippen LogP contribution in [0.2, 0.25) is 0 Å². The average molecular weight is 630 g/mol. The zero-order valence-electron chi connectivity index (χ0n) is 24.1. The molecular formula is C31H34F3N5O4S. The molecule has 5 rings (SSSR count). The van der Waals surface area contributed by atoms with Crippen LogP contribution in [0.3, 0.4) is 0 Å². The smallest absolute Gasteiger partial charge is 0.383 e. The molecule has 0 unspecified atom stereocenters. The molecule has 1 aliphatic carbocycles. The van der Waals surface area contributed by atoms with Gasteiger partial charge in [-0.2, -0.15) is 13.2 Å². The minimum atomic E-state index is -4.56. The van der Waals surface area contributed by atoms with Gasteiger partial charge in [0, 0.05) is 55.1 Å². The van der Waals surface area contributed by atoms with Gasteiger partial charge in [-0.15, -0.1) is 11.3 Å². The molecular weight excluding hydrogens is 595 g/mol. The van der Waals surface area contributed by atoms with Gasteiger partial charge in [-0.3, -0.25) is 19.3 Å². The summed E-state index contributed by atoms with van der Waals surface area (Å²) in [6, 6.07) is 11.5. The van der Waals surface area contributed by atoms with Crippen LogP contribution in [0, 0.1) is 0 Å². The van der Waals surface area contributed by atoms with E-state index in [0.717, 1.165) is 54.4 Å². The number of aliphatic hydroxyl groups is 1. The number of benzene rings is 2. The highest BCUT2D eigenvalue weighted by atomic mass is 32.1. The Labute approximate surface area is 256 Å². The highest BCUT2D eigenvalue weighted by Crippen LogP contribution is 2.42. The lowest BCUT2D eigenvalue weighted by Crippen LogP contribution is -2.45. The quantitative estimate of drug-likeness (QED) is 0.300. The number of nitrogens with one attached hydrogen (secondary N) is 3. The van der Waals surface area contributed by atoms with Gasteiger partial charge in [-0.25, -0.2) is 4.98 Å². The van der Waals surface area contributed by atoms with Gasteiger partial charge in [0.15, 0.2) is 0 Å². The maximum Gasteiger partial charge on any atom is 0.416 e. The van der Waals surface area contributed by atoms with Crippen LogP contribution in [0.25, 0.3) is 10.4 Å². The molecule has 1 saturated carbocycles. The number of aromatic nitrogens is 1. The lowest BCUT2D eigenvalue weighted by molar-refractivity contribution is -0.137. The molecule has 0 radical (unpaired) electrons. The number of carbonyl (C=O) groups is 3. The Morgan fingerprint density at radius 1 is 1.07 bits per heavy atom. The molecule has 1 aromatic heterocycles. The highest BCUT2D eigenvalue weighted by Gasteiger charge is 2.40. The fourth-order valence-corrected chi connectivity index (χ4v) is 7.02. The number of alkyl halides is 3. The molecule has 2 aliphatic rings. The lowest BCUT2D eigenvalue weighted by atomic mass is 9.82. The standard InChI is InChI=1S/C31H34F3N5O4S/c1-35-28(42)24-8-3-2-7-23(24)25-16-37-29(44-25)30(43)12-9-22(10-13-30)39-14-11-21(18-39)38-26(40)17-36-27(41)19-5-4-6-20(15-19)31(32,33)34/h2-8,15-16,21-22,43H,9-14,17-18H2,1H3,(H,35,42)(H,36,41)(H,38,40)/t21-,22?,30?/m1/s1. The van der Waals surface area contributed by atoms with E-state index in [-0.39, 0.29) is 30.1 Å². The number of rotatable bonds is 8. The van der Waals surface area contributed by atoms with Crippen LogP contribution in [0.1, 0.15) is 63.4 Å². The van der Waals surface area contributed by atoms with Crippen molar-refractivity contribution in [3.63, 3.8) is 0 Å². The molecule has 4 N–H and O–H groups in total. The fourth-order valence-electron chi connectivity index (χ4n) is 5.92. The first-order valence-electron chi connectivity index (χ1n) is 14.5. The molecule has 0 spiro atoms. The SMILES string of the molecule is CNC(=O)c1ccccc1-c1cnc(C2(O)CCC(N3CC[C@@H](NC(=O)CNC(=O)c4cccc(C(F)(F)F)c4)C3)CC2)s1. The van der Waals surface area contributed by atoms with Crippen molar-refractivity contribution in [2.75, 3.05) is 26.7 Å². The molecule has 2 heterocycles. The maximum absolute atomic E-state index is 12.9. The minimum absolute atomic E-state index is 0.115. The van der Waals surface area contributed by atoms with Crippen LogP contribution >= 0.6 is 11.3 Å². The first kappa shape index (κ1) is 31.6. The maximum atomic E-state index is 12.9. The van der Waals surface area contributed by atoms with Crippen LogP contribution in [0.5, 0.6) is 0 Å². The third-order valence-electron chi connectivity index (χ3n) is 8.31. The molecule has 44 heavy (non-hydrogen) atoms. The van der Waals surface area contributed by atoms with E-state index in [1.54, 1.807) is 19.3 Å². The van der Waals surface area contributed by atoms with E-state index in [2.05, 4.69) is 25.8 Å². The predicted molar refractivity (Wildman–Crippen MR) is 159 cm³/mol. The topological polar surface area (TPSA) is 124 Å². The summed E-state index contributed by atoms with van der Waals surface area (Å²) in [5.41, 5.74) is -0.823. The van der Waals surface area contributed by atoms with E-state index >= 15 is 0 Å². The number of hydrogen-bond donors (Lipinski definition) is 4. The van der Waals surface area contributed by atoms with Gasteiger partial charge in [0.1, 0.15) is 10.6 Å². The Hall–Kier alpha value is -3.81. The Morgan fingerprint density at radius 3 is 2.55 bits per heavy atom. The van der Waals surface area contributed by atoms with Crippen molar-refractivity contribution in [3.8, 4) is 10.4 Å². The van der Waals surface area contributed by atoms with Crippen LogP contribution < -0.4 is 16.0 Å². The normalized spacial score (nSPS) is 22.4. The Kier molecular flexibility index (Phi) is 9.37. The van der Waals surface area contributed by atoms with Crippen molar-refractivity contribution in [3.05, 3.63) is 76.4 Å². The summed E-state index contributed by atoms with van der Waals surface area (Å²) >= 11 is 1.40. The summed E-state index contributed by atoms with van der Waals surface area (Å²) in [5.74, 6) is -1.35. The van der Waals surface area contributed by atoms with Gasteiger partial charge < -0.3 is 21.1 Å². The lowest BCUT2D eigenvalue weighted by Gasteiger charge is -2.38. The summed E-state index contributed by atoms with van der Waals surface area (Å²) in [6.45, 7) is 1.07. The average Bonchev–Trinajstić information content (AvgIpc) is 3.70. The number of hydrogen-bond acceptors (Lipinski definition) is 7. The van der Waals surface area contributed by atoms with Gasteiger partial charge in [0.25, 0.3) is 11.8 Å². The molecule has 1 saturated heterocycles. The van der Waals surface area contributed by atoms with Crippen molar-refractivity contribution in [1.29, 1.82) is 0 Å². The van der Waals surface area contributed by atoms with Crippen molar-refractivity contribution in [1.82, 2.24) is 25.8 Å². The third kappa shape index (κ3) is 7.11. The minimum Gasteiger partial charge on any atom is -0.383 e. The molecule has 1 atom stereocenters. The monoisotopic (exact) mass is 629 g/mol. The van der Waals surface area contributed by atoms with E-state index in [1.165, 1.54) is 17.4 Å². The van der Waals surface area contributed by atoms with Crippen molar-refractivity contribution < 1.29 is 32.7 Å². The largest absolute Gasteiger partial charge is 0.416 e. The summed E-state index contributed by atoms with van der Waals surface area (Å²) in [5, 5.41) is 20.1. The molecule has 234 valence electrons. The molecule has 2 fully saturated rings. The van der Waals surface area contributed by atoms with Gasteiger partial charge in [-0.05, 0) is 56.4 Å². The predicted octanol–water partition coefficient (Wildman–Crippen LogP) is 3.94. The fraction of sp³-hybridized carbons (Fsp3) is 0.419. The summed E-state index contributed by atoms with van der Waals surface area (Å²) in [4.78, 5) is 44.8. The molecule has 2 aromatic carbocycles. The number of likely N-dealkylation sites (tertiary alicyclic amines) is 1. The van der Waals surface area contributed by atoms with Crippen molar-refractivity contribution in [2.24, 2.45) is 0 Å². The van der Waals surface area contributed by atoms with Gasteiger partial charge in [0.2, 0.25) is 5.91 Å². The molecule has 3 aromatic rings. The third-order valence-corrected chi connectivity index (χ3v) is 9.54. The zero-order chi connectivity index (χ0) is 31.5. The Morgan fingerprint density at radius 2 is 1.82 bits per heavy atom. The number of amides is 3. The van der Waals surface area contributed by atoms with Crippen LogP contribution in [-0.4, -0.2) is 71.5 Å². The van der Waals surface area contributed by atoms with Crippen molar-refractivity contribution in [2.45, 2.75) is 56.0 Å².